The number of nitrogens with zero attached hydrogens (tertiary/aromatic N) is 2. The molecule has 0 aliphatic carbocycles. The summed E-state index contributed by atoms with van der Waals surface area (Å²) in [5.74, 6) is 0. The largest absolute Gasteiger partial charge is 0.392 e. The fraction of sp³-hybridized carbons (Fsp3) is 0.143. The maximum Gasteiger partial charge on any atom is 0.285 e. The normalized spacial score (nSPS) is 9.71. The fourth-order valence-electron chi connectivity index (χ4n) is 0.918. The van der Waals surface area contributed by atoms with Crippen LogP contribution < -0.4 is 11.3 Å². The van der Waals surface area contributed by atoms with Crippen molar-refractivity contribution in [2.75, 3.05) is 0 Å². The van der Waals surface area contributed by atoms with Gasteiger partial charge >= 0.3 is 0 Å². The minimum absolute atomic E-state index is 0.00977. The van der Waals surface area contributed by atoms with Gasteiger partial charge in [0.05, 0.1) is 22.7 Å². The third-order valence-corrected chi connectivity index (χ3v) is 1.63. The first-order chi connectivity index (χ1) is 6.50. The molecule has 1 heterocycles. The minimum atomic E-state index is -0.588. The van der Waals surface area contributed by atoms with Crippen LogP contribution in [0.15, 0.2) is 23.1 Å². The van der Waals surface area contributed by atoms with Crippen molar-refractivity contribution >= 4 is 22.9 Å². The number of nitrogens with two attached hydrogens (primary N) is 1. The monoisotopic (exact) mass is 213 g/mol. The number of pyridine rings is 1. The van der Waals surface area contributed by atoms with Gasteiger partial charge in [-0.15, -0.1) is 0 Å². The molecule has 0 bridgehead atoms. The topological polar surface area (TPSA) is 91.2 Å². The van der Waals surface area contributed by atoms with Crippen molar-refractivity contribution in [2.45, 2.75) is 6.54 Å². The third-order valence-electron chi connectivity index (χ3n) is 1.50. The molecule has 0 aliphatic heterocycles. The molecule has 0 aromatic carbocycles. The summed E-state index contributed by atoms with van der Waals surface area (Å²) < 4.78 is 1.10. The Morgan fingerprint density at radius 2 is 2.29 bits per heavy atom. The van der Waals surface area contributed by atoms with Crippen molar-refractivity contribution < 1.29 is 4.92 Å². The van der Waals surface area contributed by atoms with Crippen molar-refractivity contribution in [3.05, 3.63) is 38.8 Å². The predicted molar refractivity (Wildman–Crippen MR) is 54.1 cm³/mol. The van der Waals surface area contributed by atoms with Crippen LogP contribution >= 0.6 is 12.2 Å². The van der Waals surface area contributed by atoms with E-state index in [1.54, 1.807) is 0 Å². The zero-order valence-corrected chi connectivity index (χ0v) is 7.86. The molecule has 0 radical (unpaired) electrons. The highest BCUT2D eigenvalue weighted by Gasteiger charge is 2.07. The van der Waals surface area contributed by atoms with E-state index >= 15 is 0 Å². The van der Waals surface area contributed by atoms with Crippen LogP contribution in [0, 0.1) is 10.1 Å². The van der Waals surface area contributed by atoms with Crippen LogP contribution in [0.4, 0.5) is 5.69 Å². The number of nitro groups is 1. The van der Waals surface area contributed by atoms with Gasteiger partial charge in [0.1, 0.15) is 0 Å². The lowest BCUT2D eigenvalue weighted by Crippen LogP contribution is -2.26. The smallest absolute Gasteiger partial charge is 0.285 e. The molecular formula is C7H7N3O3S. The summed E-state index contributed by atoms with van der Waals surface area (Å²) in [5.41, 5.74) is 4.68. The summed E-state index contributed by atoms with van der Waals surface area (Å²) in [6.45, 7) is 0.00977. The molecule has 0 unspecified atom stereocenters. The summed E-state index contributed by atoms with van der Waals surface area (Å²) in [5, 5.41) is 10.4. The average molecular weight is 213 g/mol. The number of hydrogen-bond acceptors (Lipinski definition) is 4. The highest BCUT2D eigenvalue weighted by molar-refractivity contribution is 7.80. The van der Waals surface area contributed by atoms with E-state index in [1.165, 1.54) is 0 Å². The van der Waals surface area contributed by atoms with E-state index in [-0.39, 0.29) is 22.8 Å². The lowest BCUT2D eigenvalue weighted by atomic mass is 10.4. The maximum absolute atomic E-state index is 11.2. The highest BCUT2D eigenvalue weighted by atomic mass is 32.1. The molecule has 1 aromatic heterocycles. The molecule has 7 heteroatoms. The van der Waals surface area contributed by atoms with Gasteiger partial charge in [-0.05, 0) is 0 Å². The fourth-order valence-corrected chi connectivity index (χ4v) is 1.06. The Balaban J connectivity index is 3.15. The molecule has 1 rings (SSSR count). The van der Waals surface area contributed by atoms with E-state index in [9.17, 15) is 14.9 Å². The van der Waals surface area contributed by atoms with E-state index in [1.807, 2.05) is 0 Å². The van der Waals surface area contributed by atoms with E-state index in [0.29, 0.717) is 0 Å². The second-order valence-electron chi connectivity index (χ2n) is 2.58. The Morgan fingerprint density at radius 3 is 2.79 bits per heavy atom. The Hall–Kier alpha value is -1.76. The second-order valence-corrected chi connectivity index (χ2v) is 3.10. The number of rotatable bonds is 3. The Labute approximate surface area is 84.1 Å². The zero-order valence-electron chi connectivity index (χ0n) is 7.04. The SMILES string of the molecule is NC(=S)Cn1cc([N+](=O)[O-])ccc1=O. The van der Waals surface area contributed by atoms with E-state index in [4.69, 9.17) is 5.73 Å². The van der Waals surface area contributed by atoms with Crippen molar-refractivity contribution in [3.8, 4) is 0 Å². The molecular weight excluding hydrogens is 206 g/mol. The van der Waals surface area contributed by atoms with E-state index in [0.717, 1.165) is 22.9 Å². The molecule has 0 spiro atoms. The molecule has 6 nitrogen and oxygen atoms in total. The van der Waals surface area contributed by atoms with E-state index in [2.05, 4.69) is 12.2 Å². The van der Waals surface area contributed by atoms with Crippen LogP contribution in [0.2, 0.25) is 0 Å². The van der Waals surface area contributed by atoms with Gasteiger partial charge in [0.2, 0.25) is 0 Å². The quantitative estimate of drug-likeness (QED) is 0.435. The molecule has 0 saturated heterocycles. The second kappa shape index (κ2) is 3.97. The number of aromatic nitrogens is 1. The maximum atomic E-state index is 11.2. The van der Waals surface area contributed by atoms with Crippen molar-refractivity contribution in [3.63, 3.8) is 0 Å². The van der Waals surface area contributed by atoms with Crippen molar-refractivity contribution in [2.24, 2.45) is 5.73 Å². The van der Waals surface area contributed by atoms with Crippen LogP contribution in [0.1, 0.15) is 0 Å². The molecule has 74 valence electrons. The summed E-state index contributed by atoms with van der Waals surface area (Å²) in [7, 11) is 0. The number of thiocarbonyl (C=S) groups is 1. The van der Waals surface area contributed by atoms with Gasteiger partial charge in [-0.1, -0.05) is 12.2 Å². The lowest BCUT2D eigenvalue weighted by Gasteiger charge is -2.02. The third kappa shape index (κ3) is 2.36. The van der Waals surface area contributed by atoms with Gasteiger partial charge in [0, 0.05) is 12.1 Å². The van der Waals surface area contributed by atoms with Gasteiger partial charge in [-0.25, -0.2) is 0 Å². The Morgan fingerprint density at radius 1 is 1.64 bits per heavy atom. The highest BCUT2D eigenvalue weighted by Crippen LogP contribution is 2.05. The van der Waals surface area contributed by atoms with Crippen molar-refractivity contribution in [1.29, 1.82) is 0 Å². The van der Waals surface area contributed by atoms with Crippen LogP contribution in [0.3, 0.4) is 0 Å². The molecule has 14 heavy (non-hydrogen) atoms. The standard InChI is InChI=1S/C7H7N3O3S/c8-6(14)4-9-3-5(10(12)13)1-2-7(9)11/h1-3H,4H2,(H2,8,14). The lowest BCUT2D eigenvalue weighted by molar-refractivity contribution is -0.385. The Kier molecular flexibility index (Phi) is 2.92. The van der Waals surface area contributed by atoms with Crippen LogP contribution in [0.5, 0.6) is 0 Å². The molecule has 0 saturated carbocycles. The van der Waals surface area contributed by atoms with E-state index < -0.39 is 4.92 Å². The van der Waals surface area contributed by atoms with Gasteiger partial charge in [-0.3, -0.25) is 14.9 Å². The van der Waals surface area contributed by atoms with Gasteiger partial charge in [-0.2, -0.15) is 0 Å². The molecule has 0 fully saturated rings. The predicted octanol–water partition coefficient (Wildman–Crippen LogP) is 0.0426. The van der Waals surface area contributed by atoms with Crippen LogP contribution in [-0.4, -0.2) is 14.5 Å². The summed E-state index contributed by atoms with van der Waals surface area (Å²) in [6, 6.07) is 2.24. The Bertz CT molecular complexity index is 440. The summed E-state index contributed by atoms with van der Waals surface area (Å²) >= 11 is 4.59. The first-order valence-corrected chi connectivity index (χ1v) is 4.04. The van der Waals surface area contributed by atoms with Gasteiger partial charge in [0.15, 0.2) is 0 Å². The van der Waals surface area contributed by atoms with Crippen LogP contribution in [0.25, 0.3) is 0 Å². The summed E-state index contributed by atoms with van der Waals surface area (Å²) in [4.78, 5) is 21.0. The first-order valence-electron chi connectivity index (χ1n) is 3.64. The zero-order chi connectivity index (χ0) is 10.7. The first kappa shape index (κ1) is 10.3. The minimum Gasteiger partial charge on any atom is -0.392 e. The van der Waals surface area contributed by atoms with Crippen molar-refractivity contribution in [1.82, 2.24) is 4.57 Å². The van der Waals surface area contributed by atoms with Crippen LogP contribution in [-0.2, 0) is 6.54 Å². The molecule has 0 amide bonds. The van der Waals surface area contributed by atoms with Gasteiger partial charge in [0.25, 0.3) is 11.2 Å². The van der Waals surface area contributed by atoms with Gasteiger partial charge < -0.3 is 10.3 Å². The molecule has 2 N–H and O–H groups in total. The molecule has 0 aliphatic rings. The molecule has 0 atom stereocenters. The summed E-state index contributed by atoms with van der Waals surface area (Å²) in [6.07, 6.45) is 1.11. The molecule has 1 aromatic rings. The number of hydrogen-bond donors (Lipinski definition) is 1. The average Bonchev–Trinajstić information content (AvgIpc) is 2.07.